The minimum Gasteiger partial charge on any atom is -0.362 e. The molecule has 3 N–H and O–H groups in total. The molecule has 1 aromatic rings. The molecule has 0 bridgehead atoms. The topological polar surface area (TPSA) is 56.4 Å². The number of nitrogens with one attached hydrogen (secondary N) is 3. The predicted octanol–water partition coefficient (Wildman–Crippen LogP) is 5.15. The van der Waals surface area contributed by atoms with Crippen molar-refractivity contribution in [3.63, 3.8) is 0 Å². The van der Waals surface area contributed by atoms with Crippen molar-refractivity contribution in [1.82, 2.24) is 15.5 Å². The van der Waals surface area contributed by atoms with Gasteiger partial charge in [-0.05, 0) is 93.6 Å². The van der Waals surface area contributed by atoms with Crippen molar-refractivity contribution in [2.45, 2.75) is 52.0 Å². The van der Waals surface area contributed by atoms with Gasteiger partial charge in [-0.3, -0.25) is 0 Å². The van der Waals surface area contributed by atoms with Crippen LogP contribution < -0.4 is 16.0 Å². The zero-order valence-electron chi connectivity index (χ0n) is 22.9. The number of hydrogen-bond acceptors (Lipinski definition) is 5. The number of benzene rings is 1. The van der Waals surface area contributed by atoms with Gasteiger partial charge in [0.2, 0.25) is 0 Å². The number of aldehydes is 1. The van der Waals surface area contributed by atoms with Crippen molar-refractivity contribution in [1.29, 1.82) is 0 Å². The first-order valence-corrected chi connectivity index (χ1v) is 13.7. The van der Waals surface area contributed by atoms with Gasteiger partial charge in [0.05, 0.1) is 6.04 Å². The maximum Gasteiger partial charge on any atom is 0.123 e. The molecule has 0 amide bonds. The Hall–Kier alpha value is -2.89. The normalized spacial score (nSPS) is 21.2. The summed E-state index contributed by atoms with van der Waals surface area (Å²) in [4.78, 5) is 13.8. The smallest absolute Gasteiger partial charge is 0.123 e. The Balaban J connectivity index is 1.59. The van der Waals surface area contributed by atoms with Gasteiger partial charge in [0.25, 0.3) is 0 Å². The molecular weight excluding hydrogens is 456 g/mol. The summed E-state index contributed by atoms with van der Waals surface area (Å²) in [7, 11) is 2.00. The van der Waals surface area contributed by atoms with E-state index in [0.717, 1.165) is 76.0 Å². The van der Waals surface area contributed by atoms with Crippen LogP contribution in [0.4, 0.5) is 5.69 Å². The summed E-state index contributed by atoms with van der Waals surface area (Å²) >= 11 is 0. The van der Waals surface area contributed by atoms with Crippen LogP contribution in [0.25, 0.3) is 0 Å². The molecule has 0 radical (unpaired) electrons. The first-order chi connectivity index (χ1) is 17.8. The highest BCUT2D eigenvalue weighted by atomic mass is 16.1. The molecule has 3 aliphatic rings. The summed E-state index contributed by atoms with van der Waals surface area (Å²) < 4.78 is 0. The Morgan fingerprint density at radius 1 is 1.16 bits per heavy atom. The van der Waals surface area contributed by atoms with E-state index in [-0.39, 0.29) is 17.4 Å². The van der Waals surface area contributed by atoms with E-state index in [1.165, 1.54) is 28.0 Å². The molecule has 5 heteroatoms. The number of allylic oxidation sites excluding steroid dienone is 3. The zero-order valence-corrected chi connectivity index (χ0v) is 22.9. The maximum absolute atomic E-state index is 11.3. The molecule has 2 atom stereocenters. The Bertz CT molecular complexity index is 1110. The minimum absolute atomic E-state index is 0.0409. The lowest BCUT2D eigenvalue weighted by Crippen LogP contribution is -2.45. The number of anilines is 1. The van der Waals surface area contributed by atoms with Crippen molar-refractivity contribution in [3.8, 4) is 0 Å². The van der Waals surface area contributed by atoms with Crippen LogP contribution in [-0.2, 0) is 17.6 Å². The van der Waals surface area contributed by atoms with Crippen LogP contribution >= 0.6 is 0 Å². The first-order valence-electron chi connectivity index (χ1n) is 13.7. The van der Waals surface area contributed by atoms with Crippen molar-refractivity contribution < 1.29 is 4.79 Å². The van der Waals surface area contributed by atoms with Gasteiger partial charge in [0.1, 0.15) is 6.29 Å². The molecule has 0 spiro atoms. The second-order valence-electron chi connectivity index (χ2n) is 11.1. The number of rotatable bonds is 11. The van der Waals surface area contributed by atoms with E-state index < -0.39 is 0 Å². The molecule has 1 saturated heterocycles. The highest BCUT2D eigenvalue weighted by Gasteiger charge is 2.35. The van der Waals surface area contributed by atoms with Crippen LogP contribution in [-0.4, -0.2) is 50.5 Å². The maximum atomic E-state index is 11.3. The molecule has 2 unspecified atom stereocenters. The van der Waals surface area contributed by atoms with Gasteiger partial charge >= 0.3 is 0 Å². The molecule has 1 aromatic carbocycles. The van der Waals surface area contributed by atoms with E-state index in [1.807, 2.05) is 7.05 Å². The first kappa shape index (κ1) is 27.2. The summed E-state index contributed by atoms with van der Waals surface area (Å²) in [5.74, 6) is 0.110. The second-order valence-corrected chi connectivity index (χ2v) is 11.1. The third-order valence-electron chi connectivity index (χ3n) is 8.42. The lowest BCUT2D eigenvalue weighted by Gasteiger charge is -2.45. The summed E-state index contributed by atoms with van der Waals surface area (Å²) in [5, 5.41) is 10.4. The van der Waals surface area contributed by atoms with Crippen molar-refractivity contribution >= 4 is 12.0 Å². The van der Waals surface area contributed by atoms with Gasteiger partial charge in [0, 0.05) is 41.5 Å². The van der Waals surface area contributed by atoms with Gasteiger partial charge in [-0.25, -0.2) is 0 Å². The van der Waals surface area contributed by atoms with Gasteiger partial charge < -0.3 is 25.6 Å². The monoisotopic (exact) mass is 500 g/mol. The molecule has 0 aromatic heterocycles. The van der Waals surface area contributed by atoms with E-state index in [4.69, 9.17) is 6.58 Å². The fraction of sp³-hybridized carbons (Fsp3) is 0.469. The standard InChI is InChI=1S/C32H44N4O/c1-23(35-31-12-11-27-17-26(22-37)18-30(27)19-31)24(2)36(25(3)32(4)13-15-34-16-14-32)21-29-10-8-6-7-9-28(29)20-33-5/h7-12,19,22,24,26,33-35H,1,3,6,13-18,20-21H2,2,4-5H3. The Morgan fingerprint density at radius 2 is 1.86 bits per heavy atom. The summed E-state index contributed by atoms with van der Waals surface area (Å²) in [5.41, 5.74) is 8.41. The summed E-state index contributed by atoms with van der Waals surface area (Å²) in [6.45, 7) is 17.4. The summed E-state index contributed by atoms with van der Waals surface area (Å²) in [6, 6.07) is 6.50. The number of carbonyl (C=O) groups excluding carboxylic acids is 1. The molecule has 0 saturated carbocycles. The van der Waals surface area contributed by atoms with Crippen molar-refractivity contribution in [2.24, 2.45) is 11.3 Å². The zero-order chi connectivity index (χ0) is 26.4. The summed E-state index contributed by atoms with van der Waals surface area (Å²) in [6.07, 6.45) is 14.9. The van der Waals surface area contributed by atoms with Gasteiger partial charge in [-0.2, -0.15) is 0 Å². The number of nitrogens with zero attached hydrogens (tertiary/aromatic N) is 1. The van der Waals surface area contributed by atoms with Gasteiger partial charge in [-0.15, -0.1) is 0 Å². The van der Waals surface area contributed by atoms with E-state index in [9.17, 15) is 4.79 Å². The van der Waals surface area contributed by atoms with E-state index in [2.05, 4.69) is 83.8 Å². The SMILES string of the molecule is C=C(Nc1ccc2c(c1)CC(C=O)C2)C(C)N(CC1=C(CNC)C=CCC=C1)C(=C)C1(C)CCNCC1. The Morgan fingerprint density at radius 3 is 2.57 bits per heavy atom. The minimum atomic E-state index is 0.0409. The number of fused-ring (bicyclic) bond motifs is 1. The molecule has 4 rings (SSSR count). The van der Waals surface area contributed by atoms with E-state index >= 15 is 0 Å². The highest BCUT2D eigenvalue weighted by molar-refractivity contribution is 5.61. The lowest BCUT2D eigenvalue weighted by atomic mass is 9.77. The predicted molar refractivity (Wildman–Crippen MR) is 156 cm³/mol. The number of piperidine rings is 1. The van der Waals surface area contributed by atoms with Crippen LogP contribution in [0.1, 0.15) is 44.2 Å². The van der Waals surface area contributed by atoms with Crippen molar-refractivity contribution in [2.75, 3.05) is 38.5 Å². The number of hydrogen-bond donors (Lipinski definition) is 3. The van der Waals surface area contributed by atoms with Crippen LogP contribution in [0.2, 0.25) is 0 Å². The molecule has 1 fully saturated rings. The van der Waals surface area contributed by atoms with Crippen LogP contribution in [0, 0.1) is 11.3 Å². The molecule has 2 aliphatic carbocycles. The van der Waals surface area contributed by atoms with Gasteiger partial charge in [0.15, 0.2) is 0 Å². The van der Waals surface area contributed by atoms with Crippen LogP contribution in [0.3, 0.4) is 0 Å². The molecule has 1 aliphatic heterocycles. The van der Waals surface area contributed by atoms with Crippen LogP contribution in [0.5, 0.6) is 0 Å². The van der Waals surface area contributed by atoms with Crippen molar-refractivity contribution in [3.05, 3.63) is 89.3 Å². The third-order valence-corrected chi connectivity index (χ3v) is 8.42. The molecule has 1 heterocycles. The van der Waals surface area contributed by atoms with E-state index in [0.29, 0.717) is 0 Å². The highest BCUT2D eigenvalue weighted by Crippen LogP contribution is 2.39. The van der Waals surface area contributed by atoms with Crippen LogP contribution in [0.15, 0.2) is 78.2 Å². The molecule has 5 nitrogen and oxygen atoms in total. The number of likely N-dealkylation sites (N-methyl/N-ethyl adjacent to an activating group) is 1. The fourth-order valence-corrected chi connectivity index (χ4v) is 5.80. The average Bonchev–Trinajstić information content (AvgIpc) is 3.19. The molecular formula is C32H44N4O. The van der Waals surface area contributed by atoms with Gasteiger partial charge in [-0.1, -0.05) is 50.5 Å². The Labute approximate surface area is 223 Å². The molecule has 37 heavy (non-hydrogen) atoms. The number of carbonyl (C=O) groups is 1. The Kier molecular flexibility index (Phi) is 8.88. The lowest BCUT2D eigenvalue weighted by molar-refractivity contribution is -0.110. The quantitative estimate of drug-likeness (QED) is 0.367. The average molecular weight is 501 g/mol. The second kappa shape index (κ2) is 12.1. The largest absolute Gasteiger partial charge is 0.362 e. The fourth-order valence-electron chi connectivity index (χ4n) is 5.80. The third kappa shape index (κ3) is 6.34. The molecule has 198 valence electrons. The van der Waals surface area contributed by atoms with E-state index in [1.54, 1.807) is 0 Å².